The minimum absolute atomic E-state index is 0.174. The summed E-state index contributed by atoms with van der Waals surface area (Å²) in [5.74, 6) is -1.22. The molecule has 0 saturated heterocycles. The van der Waals surface area contributed by atoms with Crippen LogP contribution >= 0.6 is 0 Å². The first-order chi connectivity index (χ1) is 8.93. The molecule has 1 aromatic carbocycles. The van der Waals surface area contributed by atoms with Crippen LogP contribution in [0.1, 0.15) is 19.4 Å². The van der Waals surface area contributed by atoms with E-state index in [4.69, 9.17) is 0 Å². The summed E-state index contributed by atoms with van der Waals surface area (Å²) in [5, 5.41) is 9.87. The van der Waals surface area contributed by atoms with Crippen LogP contribution in [0.2, 0.25) is 0 Å². The molecule has 0 amide bonds. The van der Waals surface area contributed by atoms with Gasteiger partial charge in [-0.05, 0) is 31.1 Å². The summed E-state index contributed by atoms with van der Waals surface area (Å²) in [7, 11) is 0. The van der Waals surface area contributed by atoms with Gasteiger partial charge >= 0.3 is 0 Å². The number of allylic oxidation sites excluding steroid dienone is 1. The molecule has 0 heterocycles. The summed E-state index contributed by atoms with van der Waals surface area (Å²) in [6, 6.07) is 9.48. The summed E-state index contributed by atoms with van der Waals surface area (Å²) in [6.07, 6.45) is 1.27. The monoisotopic (exact) mass is 257 g/mol. The second-order valence-electron chi connectivity index (χ2n) is 4.74. The zero-order chi connectivity index (χ0) is 14.0. The van der Waals surface area contributed by atoms with E-state index in [1.54, 1.807) is 6.92 Å². The minimum atomic E-state index is -1.99. The van der Waals surface area contributed by atoms with Crippen molar-refractivity contribution in [2.24, 2.45) is 4.99 Å². The molecular formula is C15H15NO3. The Kier molecular flexibility index (Phi) is 3.44. The lowest BCUT2D eigenvalue weighted by Gasteiger charge is -2.24. The van der Waals surface area contributed by atoms with Crippen LogP contribution < -0.4 is 0 Å². The molecule has 98 valence electrons. The number of Topliss-reactive ketones (excluding diaryl/α,β-unsaturated/α-hetero) is 1. The number of ketones is 2. The van der Waals surface area contributed by atoms with E-state index in [2.05, 4.69) is 4.99 Å². The van der Waals surface area contributed by atoms with Gasteiger partial charge in [-0.3, -0.25) is 14.6 Å². The molecule has 4 heteroatoms. The fraction of sp³-hybridized carbons (Fsp3) is 0.267. The van der Waals surface area contributed by atoms with E-state index in [9.17, 15) is 14.7 Å². The van der Waals surface area contributed by atoms with Crippen molar-refractivity contribution in [3.8, 4) is 0 Å². The lowest BCUT2D eigenvalue weighted by molar-refractivity contribution is -0.142. The summed E-state index contributed by atoms with van der Waals surface area (Å²) in [4.78, 5) is 27.8. The van der Waals surface area contributed by atoms with Crippen molar-refractivity contribution in [2.75, 3.05) is 0 Å². The van der Waals surface area contributed by atoms with Crippen LogP contribution in [0.25, 0.3) is 0 Å². The third-order valence-electron chi connectivity index (χ3n) is 3.12. The molecule has 1 aliphatic rings. The molecule has 0 saturated carbocycles. The smallest absolute Gasteiger partial charge is 0.220 e. The number of benzene rings is 1. The zero-order valence-corrected chi connectivity index (χ0v) is 10.9. The molecule has 0 fully saturated rings. The van der Waals surface area contributed by atoms with Crippen LogP contribution in [0, 0.1) is 0 Å². The second kappa shape index (κ2) is 4.90. The van der Waals surface area contributed by atoms with Crippen molar-refractivity contribution >= 4 is 17.3 Å². The van der Waals surface area contributed by atoms with E-state index in [0.717, 1.165) is 5.56 Å². The highest BCUT2D eigenvalue weighted by Crippen LogP contribution is 2.20. The second-order valence-corrected chi connectivity index (χ2v) is 4.74. The average Bonchev–Trinajstić information content (AvgIpc) is 2.38. The Balaban J connectivity index is 2.31. The Hall–Kier alpha value is -2.07. The van der Waals surface area contributed by atoms with Gasteiger partial charge in [-0.25, -0.2) is 0 Å². The van der Waals surface area contributed by atoms with E-state index in [0.29, 0.717) is 12.1 Å². The normalized spacial score (nSPS) is 25.6. The molecule has 0 aliphatic heterocycles. The predicted molar refractivity (Wildman–Crippen MR) is 72.0 cm³/mol. The van der Waals surface area contributed by atoms with Crippen molar-refractivity contribution in [1.82, 2.24) is 0 Å². The van der Waals surface area contributed by atoms with Crippen LogP contribution in [0.4, 0.5) is 0 Å². The van der Waals surface area contributed by atoms with Crippen LogP contribution in [-0.4, -0.2) is 28.0 Å². The van der Waals surface area contributed by atoms with E-state index >= 15 is 0 Å². The quantitative estimate of drug-likeness (QED) is 0.816. The van der Waals surface area contributed by atoms with Crippen LogP contribution in [-0.2, 0) is 16.1 Å². The molecule has 0 bridgehead atoms. The largest absolute Gasteiger partial charge is 0.374 e. The SMILES string of the molecule is CC1=CC(=O)[C@@](C)(O)C(=O)C1=NCc1ccccc1. The van der Waals surface area contributed by atoms with Gasteiger partial charge in [0.05, 0.1) is 6.54 Å². The Bertz CT molecular complexity index is 583. The number of aliphatic hydroxyl groups is 1. The van der Waals surface area contributed by atoms with Crippen LogP contribution in [0.3, 0.4) is 0 Å². The average molecular weight is 257 g/mol. The maximum Gasteiger partial charge on any atom is 0.220 e. The number of aliphatic imine (C=N–C) groups is 1. The summed E-state index contributed by atoms with van der Waals surface area (Å²) in [5.41, 5.74) is -0.354. The molecule has 2 rings (SSSR count). The molecule has 1 aromatic rings. The van der Waals surface area contributed by atoms with Gasteiger partial charge in [0.15, 0.2) is 11.4 Å². The number of nitrogens with zero attached hydrogens (tertiary/aromatic N) is 1. The number of rotatable bonds is 2. The lowest BCUT2D eigenvalue weighted by Crippen LogP contribution is -2.50. The van der Waals surface area contributed by atoms with Crippen molar-refractivity contribution in [2.45, 2.75) is 26.0 Å². The number of carbonyl (C=O) groups is 2. The maximum atomic E-state index is 12.0. The number of carbonyl (C=O) groups excluding carboxylic acids is 2. The van der Waals surface area contributed by atoms with E-state index in [1.165, 1.54) is 13.0 Å². The molecule has 0 unspecified atom stereocenters. The molecule has 1 atom stereocenters. The summed E-state index contributed by atoms with van der Waals surface area (Å²) in [6.45, 7) is 3.20. The first-order valence-corrected chi connectivity index (χ1v) is 6.01. The van der Waals surface area contributed by atoms with Gasteiger partial charge in [-0.15, -0.1) is 0 Å². The molecule has 19 heavy (non-hydrogen) atoms. The highest BCUT2D eigenvalue weighted by Gasteiger charge is 2.43. The third-order valence-corrected chi connectivity index (χ3v) is 3.12. The first kappa shape index (κ1) is 13.4. The Morgan fingerprint density at radius 1 is 1.21 bits per heavy atom. The predicted octanol–water partition coefficient (Wildman–Crippen LogP) is 1.48. The topological polar surface area (TPSA) is 66.7 Å². The van der Waals surface area contributed by atoms with Gasteiger partial charge < -0.3 is 5.11 Å². The number of hydrogen-bond acceptors (Lipinski definition) is 4. The van der Waals surface area contributed by atoms with Gasteiger partial charge in [0.2, 0.25) is 5.78 Å². The summed E-state index contributed by atoms with van der Waals surface area (Å²) >= 11 is 0. The van der Waals surface area contributed by atoms with Crippen molar-refractivity contribution in [3.05, 3.63) is 47.5 Å². The van der Waals surface area contributed by atoms with Crippen LogP contribution in [0.5, 0.6) is 0 Å². The van der Waals surface area contributed by atoms with Gasteiger partial charge in [0, 0.05) is 0 Å². The zero-order valence-electron chi connectivity index (χ0n) is 10.9. The third kappa shape index (κ3) is 2.53. The van der Waals surface area contributed by atoms with Gasteiger partial charge in [-0.2, -0.15) is 0 Å². The van der Waals surface area contributed by atoms with Gasteiger partial charge in [0.25, 0.3) is 0 Å². The Morgan fingerprint density at radius 3 is 2.47 bits per heavy atom. The van der Waals surface area contributed by atoms with E-state index in [1.807, 2.05) is 30.3 Å². The molecule has 0 spiro atoms. The Labute approximate surface area is 111 Å². The molecule has 4 nitrogen and oxygen atoms in total. The van der Waals surface area contributed by atoms with Crippen molar-refractivity contribution in [3.63, 3.8) is 0 Å². The summed E-state index contributed by atoms with van der Waals surface area (Å²) < 4.78 is 0. The molecule has 1 N–H and O–H groups in total. The molecule has 0 radical (unpaired) electrons. The van der Waals surface area contributed by atoms with Gasteiger partial charge in [0.1, 0.15) is 5.71 Å². The fourth-order valence-electron chi connectivity index (χ4n) is 1.88. The van der Waals surface area contributed by atoms with E-state index in [-0.39, 0.29) is 5.71 Å². The standard InChI is InChI=1S/C15H15NO3/c1-10-8-12(17)15(2,19)14(18)13(10)16-9-11-6-4-3-5-7-11/h3-8,19H,9H2,1-2H3/t15-/m1/s1. The molecule has 1 aliphatic carbocycles. The maximum absolute atomic E-state index is 12.0. The lowest BCUT2D eigenvalue weighted by atomic mass is 9.83. The first-order valence-electron chi connectivity index (χ1n) is 6.01. The van der Waals surface area contributed by atoms with Crippen LogP contribution in [0.15, 0.2) is 47.0 Å². The van der Waals surface area contributed by atoms with Crippen molar-refractivity contribution in [1.29, 1.82) is 0 Å². The van der Waals surface area contributed by atoms with Gasteiger partial charge in [-0.1, -0.05) is 30.3 Å². The highest BCUT2D eigenvalue weighted by molar-refractivity contribution is 6.54. The minimum Gasteiger partial charge on any atom is -0.374 e. The molecule has 0 aromatic heterocycles. The van der Waals surface area contributed by atoms with Crippen molar-refractivity contribution < 1.29 is 14.7 Å². The fourth-order valence-corrected chi connectivity index (χ4v) is 1.88. The van der Waals surface area contributed by atoms with E-state index < -0.39 is 17.2 Å². The highest BCUT2D eigenvalue weighted by atomic mass is 16.3. The Morgan fingerprint density at radius 2 is 1.84 bits per heavy atom. The number of hydrogen-bond donors (Lipinski definition) is 1. The molecular weight excluding hydrogens is 242 g/mol.